The van der Waals surface area contributed by atoms with Gasteiger partial charge in [-0.05, 0) is 133 Å². The summed E-state index contributed by atoms with van der Waals surface area (Å²) < 4.78 is 0. The molecule has 0 spiro atoms. The molecule has 5 fully saturated rings. The van der Waals surface area contributed by atoms with Crippen molar-refractivity contribution in [1.82, 2.24) is 10.2 Å². The summed E-state index contributed by atoms with van der Waals surface area (Å²) in [6.45, 7) is 20.8. The van der Waals surface area contributed by atoms with Gasteiger partial charge in [-0.1, -0.05) is 65.3 Å². The van der Waals surface area contributed by atoms with Crippen molar-refractivity contribution in [2.45, 2.75) is 111 Å². The van der Waals surface area contributed by atoms with Gasteiger partial charge in [-0.15, -0.1) is 45.1 Å². The molecule has 6 heteroatoms. The van der Waals surface area contributed by atoms with Gasteiger partial charge in [0.05, 0.1) is 12.1 Å². The maximum atomic E-state index is 13.5. The molecule has 5 aliphatic carbocycles. The molecule has 2 N–H and O–H groups in total. The predicted molar refractivity (Wildman–Crippen MR) is 230 cm³/mol. The Labute approximate surface area is 333 Å². The number of carbonyl (C=O) groups excluding carboxylic acids is 1. The van der Waals surface area contributed by atoms with Crippen LogP contribution in [0.1, 0.15) is 122 Å². The monoisotopic (exact) mass is 752 g/mol. The van der Waals surface area contributed by atoms with E-state index < -0.39 is 5.97 Å². The first-order chi connectivity index (χ1) is 25.8. The number of hydrogen-bond acceptors (Lipinski definition) is 4. The van der Waals surface area contributed by atoms with E-state index in [-0.39, 0.29) is 22.3 Å². The van der Waals surface area contributed by atoms with Crippen LogP contribution in [0.5, 0.6) is 0 Å². The normalized spacial score (nSPS) is 35.7. The number of amides is 1. The Bertz CT molecular complexity index is 1530. The van der Waals surface area contributed by atoms with Gasteiger partial charge in [-0.2, -0.15) is 11.8 Å². The predicted octanol–water partition coefficient (Wildman–Crippen LogP) is 10.1. The van der Waals surface area contributed by atoms with Crippen molar-refractivity contribution >= 4 is 29.2 Å². The summed E-state index contributed by atoms with van der Waals surface area (Å²) in [5.74, 6) is 4.31. The number of hydrogen-bond donors (Lipinski definition) is 2. The number of carboxylic acid groups (broad SMARTS) is 1. The molecule has 0 bridgehead atoms. The molecule has 1 aromatic carbocycles. The van der Waals surface area contributed by atoms with E-state index in [9.17, 15) is 14.7 Å². The maximum Gasteiger partial charge on any atom is 0.335 e. The molecule has 1 heterocycles. The number of carboxylic acids is 1. The zero-order valence-corrected chi connectivity index (χ0v) is 35.0. The third-order valence-electron chi connectivity index (χ3n) is 15.2. The quantitative estimate of drug-likeness (QED) is 0.232. The van der Waals surface area contributed by atoms with Gasteiger partial charge >= 0.3 is 5.97 Å². The van der Waals surface area contributed by atoms with Crippen LogP contribution < -0.4 is 5.32 Å². The van der Waals surface area contributed by atoms with Crippen molar-refractivity contribution in [1.29, 1.82) is 0 Å². The lowest BCUT2D eigenvalue weighted by molar-refractivity contribution is -0.217. The SMILES string of the molecule is C#C.C#C.C#C.C=CC.CC1(C)C(c2ccc(C(=O)O)cc2)=CC[C@@]2(C)C1CC[C@]1(C)C2CC[C@@H]2C3CCC[C@]3(NC(=O)CN3CCSCC3)CC[C@]21C. The third-order valence-corrected chi connectivity index (χ3v) is 16.2. The number of aromatic carboxylic acids is 1. The van der Waals surface area contributed by atoms with Gasteiger partial charge in [0.15, 0.2) is 0 Å². The van der Waals surface area contributed by atoms with E-state index in [4.69, 9.17) is 0 Å². The van der Waals surface area contributed by atoms with E-state index in [1.807, 2.05) is 30.8 Å². The summed E-state index contributed by atoms with van der Waals surface area (Å²) in [5, 5.41) is 13.2. The fraction of sp³-hybridized carbons (Fsp3) is 0.625. The third kappa shape index (κ3) is 7.97. The molecule has 1 saturated heterocycles. The van der Waals surface area contributed by atoms with E-state index in [0.717, 1.165) is 37.4 Å². The minimum absolute atomic E-state index is 0.0107. The molecule has 1 aromatic rings. The standard InChI is InChI=1S/C39H56N2O3S.C3H6.3C2H2/c1-35(2)28(26-8-10-27(11-9-26)34(43)44)14-17-36(3)31(35)15-18-38(5)32(36)13-12-29-30-7-6-16-39(30,20-19-37(29,38)4)40-33(42)25-41-21-23-45-24-22-41;1-3-2;3*1-2/h8-11,14,29-32H,6-7,12-13,15-25H2,1-5H3,(H,40,42)(H,43,44);3H,1H2,2H3;3*1-2H/t29-,30?,31?,32?,36+,37-,38-,39+;;;;/m1..../s1. The fourth-order valence-corrected chi connectivity index (χ4v) is 13.9. The van der Waals surface area contributed by atoms with Crippen LogP contribution in [0.3, 0.4) is 0 Å². The van der Waals surface area contributed by atoms with Gasteiger partial charge in [-0.25, -0.2) is 4.79 Å². The van der Waals surface area contributed by atoms with E-state index in [2.05, 4.69) is 96.0 Å². The molecule has 5 nitrogen and oxygen atoms in total. The Morgan fingerprint density at radius 2 is 1.46 bits per heavy atom. The molecule has 7 rings (SSSR count). The minimum atomic E-state index is -0.863. The minimum Gasteiger partial charge on any atom is -0.478 e. The molecule has 1 aliphatic heterocycles. The van der Waals surface area contributed by atoms with E-state index in [1.54, 1.807) is 18.2 Å². The lowest BCUT2D eigenvalue weighted by Gasteiger charge is -2.72. The van der Waals surface area contributed by atoms with Crippen LogP contribution in [-0.2, 0) is 4.79 Å². The van der Waals surface area contributed by atoms with E-state index in [0.29, 0.717) is 46.6 Å². The Balaban J connectivity index is 0.000000807. The summed E-state index contributed by atoms with van der Waals surface area (Å²) in [6.07, 6.45) is 40.6. The number of carbonyl (C=O) groups is 2. The first kappa shape index (κ1) is 45.0. The summed E-state index contributed by atoms with van der Waals surface area (Å²) in [4.78, 5) is 27.4. The Hall–Kier alpha value is -3.37. The number of terminal acetylenes is 3. The number of nitrogens with one attached hydrogen (secondary N) is 1. The zero-order valence-electron chi connectivity index (χ0n) is 34.2. The second-order valence-corrected chi connectivity index (χ2v) is 18.8. The molecule has 0 radical (unpaired) electrons. The highest BCUT2D eigenvalue weighted by Gasteiger charge is 2.69. The van der Waals surface area contributed by atoms with E-state index in [1.165, 1.54) is 62.5 Å². The van der Waals surface area contributed by atoms with Gasteiger partial charge < -0.3 is 10.4 Å². The summed E-state index contributed by atoms with van der Waals surface area (Å²) in [6, 6.07) is 7.59. The molecule has 3 unspecified atom stereocenters. The summed E-state index contributed by atoms with van der Waals surface area (Å²) in [7, 11) is 0. The summed E-state index contributed by atoms with van der Waals surface area (Å²) >= 11 is 2.01. The molecule has 54 heavy (non-hydrogen) atoms. The van der Waals surface area contributed by atoms with Crippen molar-refractivity contribution in [3.05, 3.63) is 54.1 Å². The molecule has 4 saturated carbocycles. The fourth-order valence-electron chi connectivity index (χ4n) is 13.0. The first-order valence-corrected chi connectivity index (χ1v) is 21.1. The maximum absolute atomic E-state index is 13.5. The highest BCUT2D eigenvalue weighted by Crippen LogP contribution is 2.76. The van der Waals surface area contributed by atoms with Crippen LogP contribution >= 0.6 is 11.8 Å². The lowest BCUT2D eigenvalue weighted by atomic mass is 9.33. The van der Waals surface area contributed by atoms with Gasteiger partial charge in [0.1, 0.15) is 0 Å². The molecule has 1 amide bonds. The highest BCUT2D eigenvalue weighted by atomic mass is 32.2. The molecular formula is C48H68N2O3S. The molecule has 6 aliphatic rings. The Morgan fingerprint density at radius 1 is 0.852 bits per heavy atom. The second-order valence-electron chi connectivity index (χ2n) is 17.6. The van der Waals surface area contributed by atoms with Gasteiger partial charge in [0.2, 0.25) is 5.91 Å². The van der Waals surface area contributed by atoms with Crippen LogP contribution in [0, 0.1) is 83.9 Å². The van der Waals surface area contributed by atoms with Crippen molar-refractivity contribution in [3.8, 4) is 38.5 Å². The topological polar surface area (TPSA) is 69.6 Å². The zero-order chi connectivity index (χ0) is 40.5. The smallest absolute Gasteiger partial charge is 0.335 e. The molecular weight excluding hydrogens is 685 g/mol. The number of rotatable bonds is 5. The second kappa shape index (κ2) is 18.5. The number of benzene rings is 1. The van der Waals surface area contributed by atoms with Crippen molar-refractivity contribution in [2.75, 3.05) is 31.1 Å². The van der Waals surface area contributed by atoms with Crippen LogP contribution in [0.4, 0.5) is 0 Å². The first-order valence-electron chi connectivity index (χ1n) is 20.0. The number of fused-ring (bicyclic) bond motifs is 7. The van der Waals surface area contributed by atoms with Crippen LogP contribution in [0.15, 0.2) is 43.0 Å². The van der Waals surface area contributed by atoms with Crippen molar-refractivity contribution in [2.24, 2.45) is 45.3 Å². The molecule has 8 atom stereocenters. The highest BCUT2D eigenvalue weighted by molar-refractivity contribution is 7.99. The van der Waals surface area contributed by atoms with Crippen molar-refractivity contribution in [3.63, 3.8) is 0 Å². The largest absolute Gasteiger partial charge is 0.478 e. The van der Waals surface area contributed by atoms with Crippen LogP contribution in [-0.4, -0.2) is 58.6 Å². The van der Waals surface area contributed by atoms with Crippen LogP contribution in [0.2, 0.25) is 0 Å². The number of thioether (sulfide) groups is 1. The Kier molecular flexibility index (Phi) is 15.4. The van der Waals surface area contributed by atoms with Gasteiger partial charge in [0, 0.05) is 30.1 Å². The molecule has 294 valence electrons. The Morgan fingerprint density at radius 3 is 2.06 bits per heavy atom. The molecule has 0 aromatic heterocycles. The number of allylic oxidation sites excluding steroid dienone is 3. The van der Waals surface area contributed by atoms with Crippen molar-refractivity contribution < 1.29 is 14.7 Å². The summed E-state index contributed by atoms with van der Waals surface area (Å²) in [5.41, 5.74) is 3.84. The number of nitrogens with zero attached hydrogens (tertiary/aromatic N) is 1. The lowest BCUT2D eigenvalue weighted by Crippen LogP contribution is -2.68. The average Bonchev–Trinajstić information content (AvgIpc) is 3.58. The van der Waals surface area contributed by atoms with Crippen LogP contribution in [0.25, 0.3) is 5.57 Å². The van der Waals surface area contributed by atoms with Gasteiger partial charge in [-0.3, -0.25) is 9.69 Å². The van der Waals surface area contributed by atoms with Gasteiger partial charge in [0.25, 0.3) is 0 Å². The average molecular weight is 753 g/mol. The van der Waals surface area contributed by atoms with E-state index >= 15 is 0 Å².